The van der Waals surface area contributed by atoms with Crippen LogP contribution in [0, 0.1) is 5.92 Å². The van der Waals surface area contributed by atoms with Gasteiger partial charge in [0, 0.05) is 26.7 Å². The largest absolute Gasteiger partial charge is 0.387 e. The Morgan fingerprint density at radius 3 is 2.80 bits per heavy atom. The SMILES string of the molecule is COCC1CCCN(CC(O)c2ccc(CN)cc2)C1. The molecule has 1 aromatic rings. The van der Waals surface area contributed by atoms with E-state index in [4.69, 9.17) is 10.5 Å². The molecule has 2 unspecified atom stereocenters. The Balaban J connectivity index is 1.87. The van der Waals surface area contributed by atoms with Crippen LogP contribution in [-0.4, -0.2) is 43.4 Å². The predicted octanol–water partition coefficient (Wildman–Crippen LogP) is 1.54. The van der Waals surface area contributed by atoms with Crippen LogP contribution >= 0.6 is 0 Å². The normalized spacial score (nSPS) is 21.9. The van der Waals surface area contributed by atoms with Crippen molar-refractivity contribution < 1.29 is 9.84 Å². The first kappa shape index (κ1) is 15.4. The lowest BCUT2D eigenvalue weighted by Gasteiger charge is -2.33. The van der Waals surface area contributed by atoms with E-state index in [9.17, 15) is 5.11 Å². The average molecular weight is 278 g/mol. The summed E-state index contributed by atoms with van der Waals surface area (Å²) in [5.41, 5.74) is 7.65. The van der Waals surface area contributed by atoms with Crippen molar-refractivity contribution in [1.82, 2.24) is 4.90 Å². The van der Waals surface area contributed by atoms with Gasteiger partial charge in [0.15, 0.2) is 0 Å². The van der Waals surface area contributed by atoms with E-state index in [2.05, 4.69) is 4.90 Å². The van der Waals surface area contributed by atoms with Crippen LogP contribution in [0.4, 0.5) is 0 Å². The fourth-order valence-corrected chi connectivity index (χ4v) is 2.91. The first-order valence-electron chi connectivity index (χ1n) is 7.41. The van der Waals surface area contributed by atoms with E-state index in [1.165, 1.54) is 12.8 Å². The van der Waals surface area contributed by atoms with Gasteiger partial charge in [-0.15, -0.1) is 0 Å². The molecule has 4 nitrogen and oxygen atoms in total. The number of aliphatic hydroxyl groups excluding tert-OH is 1. The molecular weight excluding hydrogens is 252 g/mol. The molecule has 0 aromatic heterocycles. The van der Waals surface area contributed by atoms with Crippen molar-refractivity contribution in [1.29, 1.82) is 0 Å². The summed E-state index contributed by atoms with van der Waals surface area (Å²) in [6.45, 7) is 4.14. The van der Waals surface area contributed by atoms with E-state index >= 15 is 0 Å². The molecule has 1 aliphatic rings. The molecule has 112 valence electrons. The third-order valence-electron chi connectivity index (χ3n) is 4.04. The quantitative estimate of drug-likeness (QED) is 0.828. The number of methoxy groups -OCH3 is 1. The zero-order valence-electron chi connectivity index (χ0n) is 12.3. The maximum Gasteiger partial charge on any atom is 0.0916 e. The number of likely N-dealkylation sites (tertiary alicyclic amines) is 1. The van der Waals surface area contributed by atoms with Crippen LogP contribution in [0.2, 0.25) is 0 Å². The monoisotopic (exact) mass is 278 g/mol. The fraction of sp³-hybridized carbons (Fsp3) is 0.625. The molecule has 1 aliphatic heterocycles. The van der Waals surface area contributed by atoms with Gasteiger partial charge in [-0.2, -0.15) is 0 Å². The van der Waals surface area contributed by atoms with Gasteiger partial charge in [-0.3, -0.25) is 0 Å². The number of β-amino-alcohol motifs (C(OH)–C–C–N with tert-alkyl or cyclic N) is 1. The van der Waals surface area contributed by atoms with Gasteiger partial charge >= 0.3 is 0 Å². The summed E-state index contributed by atoms with van der Waals surface area (Å²) in [6, 6.07) is 7.93. The van der Waals surface area contributed by atoms with E-state index in [0.29, 0.717) is 19.0 Å². The maximum atomic E-state index is 10.3. The van der Waals surface area contributed by atoms with E-state index < -0.39 is 6.10 Å². The smallest absolute Gasteiger partial charge is 0.0916 e. The highest BCUT2D eigenvalue weighted by molar-refractivity contribution is 5.24. The van der Waals surface area contributed by atoms with Gasteiger partial charge in [0.2, 0.25) is 0 Å². The Kier molecular flexibility index (Phi) is 5.98. The van der Waals surface area contributed by atoms with E-state index in [0.717, 1.165) is 30.8 Å². The molecule has 0 bridgehead atoms. The molecule has 1 heterocycles. The molecule has 0 radical (unpaired) electrons. The molecule has 0 saturated carbocycles. The van der Waals surface area contributed by atoms with E-state index in [-0.39, 0.29) is 0 Å². The number of hydrogen-bond acceptors (Lipinski definition) is 4. The fourth-order valence-electron chi connectivity index (χ4n) is 2.91. The molecule has 3 N–H and O–H groups in total. The third-order valence-corrected chi connectivity index (χ3v) is 4.04. The van der Waals surface area contributed by atoms with Crippen LogP contribution in [-0.2, 0) is 11.3 Å². The van der Waals surface area contributed by atoms with Gasteiger partial charge in [0.1, 0.15) is 0 Å². The molecule has 1 aromatic carbocycles. The predicted molar refractivity (Wildman–Crippen MR) is 80.3 cm³/mol. The summed E-state index contributed by atoms with van der Waals surface area (Å²) < 4.78 is 5.24. The number of aliphatic hydroxyl groups is 1. The maximum absolute atomic E-state index is 10.3. The Labute approximate surface area is 121 Å². The Morgan fingerprint density at radius 2 is 2.15 bits per heavy atom. The second-order valence-electron chi connectivity index (χ2n) is 5.68. The molecular formula is C16H26N2O2. The molecule has 1 saturated heterocycles. The molecule has 0 amide bonds. The summed E-state index contributed by atoms with van der Waals surface area (Å²) in [4.78, 5) is 2.34. The summed E-state index contributed by atoms with van der Waals surface area (Å²) in [5.74, 6) is 0.598. The highest BCUT2D eigenvalue weighted by Gasteiger charge is 2.22. The van der Waals surface area contributed by atoms with Crippen molar-refractivity contribution in [3.8, 4) is 0 Å². The van der Waals surface area contributed by atoms with Gasteiger partial charge in [-0.1, -0.05) is 24.3 Å². The van der Waals surface area contributed by atoms with Gasteiger partial charge < -0.3 is 20.5 Å². The molecule has 2 rings (SSSR count). The Bertz CT molecular complexity index is 392. The second-order valence-corrected chi connectivity index (χ2v) is 5.68. The number of nitrogens with two attached hydrogens (primary N) is 1. The molecule has 20 heavy (non-hydrogen) atoms. The van der Waals surface area contributed by atoms with E-state index in [1.54, 1.807) is 7.11 Å². The molecule has 0 spiro atoms. The van der Waals surface area contributed by atoms with Gasteiger partial charge in [0.05, 0.1) is 12.7 Å². The molecule has 0 aliphatic carbocycles. The number of benzene rings is 1. The van der Waals surface area contributed by atoms with Crippen LogP contribution in [0.15, 0.2) is 24.3 Å². The second kappa shape index (κ2) is 7.74. The lowest BCUT2D eigenvalue weighted by Crippen LogP contribution is -2.39. The zero-order valence-corrected chi connectivity index (χ0v) is 12.3. The number of nitrogens with zero attached hydrogens (tertiary/aromatic N) is 1. The first-order valence-corrected chi connectivity index (χ1v) is 7.41. The number of ether oxygens (including phenoxy) is 1. The van der Waals surface area contributed by atoms with Crippen LogP contribution in [0.25, 0.3) is 0 Å². The van der Waals surface area contributed by atoms with E-state index in [1.807, 2.05) is 24.3 Å². The molecule has 2 atom stereocenters. The van der Waals surface area contributed by atoms with Crippen molar-refractivity contribution in [3.63, 3.8) is 0 Å². The lowest BCUT2D eigenvalue weighted by atomic mass is 9.98. The van der Waals surface area contributed by atoms with Gasteiger partial charge in [0.25, 0.3) is 0 Å². The highest BCUT2D eigenvalue weighted by atomic mass is 16.5. The third kappa shape index (κ3) is 4.28. The minimum Gasteiger partial charge on any atom is -0.387 e. The number of piperidine rings is 1. The topological polar surface area (TPSA) is 58.7 Å². The van der Waals surface area contributed by atoms with Crippen molar-refractivity contribution in [2.75, 3.05) is 33.4 Å². The van der Waals surface area contributed by atoms with Crippen molar-refractivity contribution in [2.24, 2.45) is 11.7 Å². The standard InChI is InChI=1S/C16H26N2O2/c1-20-12-14-3-2-8-18(10-14)11-16(19)15-6-4-13(9-17)5-7-15/h4-7,14,16,19H,2-3,8-12,17H2,1H3. The molecule has 4 heteroatoms. The van der Waals surface area contributed by atoms with Crippen LogP contribution in [0.1, 0.15) is 30.1 Å². The Morgan fingerprint density at radius 1 is 1.40 bits per heavy atom. The van der Waals surface area contributed by atoms with Crippen LogP contribution < -0.4 is 5.73 Å². The lowest BCUT2D eigenvalue weighted by molar-refractivity contribution is 0.0563. The van der Waals surface area contributed by atoms with Gasteiger partial charge in [-0.05, 0) is 36.4 Å². The zero-order chi connectivity index (χ0) is 14.4. The summed E-state index contributed by atoms with van der Waals surface area (Å²) in [6.07, 6.45) is 1.99. The molecule has 1 fully saturated rings. The first-order chi connectivity index (χ1) is 9.72. The Hall–Kier alpha value is -0.940. The van der Waals surface area contributed by atoms with Crippen LogP contribution in [0.5, 0.6) is 0 Å². The van der Waals surface area contributed by atoms with Crippen molar-refractivity contribution in [2.45, 2.75) is 25.5 Å². The number of hydrogen-bond donors (Lipinski definition) is 2. The van der Waals surface area contributed by atoms with Gasteiger partial charge in [-0.25, -0.2) is 0 Å². The minimum absolute atomic E-state index is 0.428. The summed E-state index contributed by atoms with van der Waals surface area (Å²) in [5, 5.41) is 10.3. The summed E-state index contributed by atoms with van der Waals surface area (Å²) >= 11 is 0. The van der Waals surface area contributed by atoms with Crippen LogP contribution in [0.3, 0.4) is 0 Å². The number of rotatable bonds is 6. The van der Waals surface area contributed by atoms with Crippen molar-refractivity contribution >= 4 is 0 Å². The minimum atomic E-state index is -0.428. The van der Waals surface area contributed by atoms with Crippen molar-refractivity contribution in [3.05, 3.63) is 35.4 Å². The average Bonchev–Trinajstić information content (AvgIpc) is 2.48. The summed E-state index contributed by atoms with van der Waals surface area (Å²) in [7, 11) is 1.76. The highest BCUT2D eigenvalue weighted by Crippen LogP contribution is 2.21.